The summed E-state index contributed by atoms with van der Waals surface area (Å²) in [5.74, 6) is 0.488. The van der Waals surface area contributed by atoms with Gasteiger partial charge in [0.25, 0.3) is 0 Å². The second-order valence-corrected chi connectivity index (χ2v) is 14.7. The molecule has 1 aromatic rings. The number of piperazine rings is 1. The fourth-order valence-electron chi connectivity index (χ4n) is 5.77. The van der Waals surface area contributed by atoms with Crippen molar-refractivity contribution in [3.8, 4) is 0 Å². The lowest BCUT2D eigenvalue weighted by Gasteiger charge is -2.50. The monoisotopic (exact) mass is 633 g/mol. The van der Waals surface area contributed by atoms with Crippen molar-refractivity contribution < 1.29 is 36.9 Å². The number of benzene rings is 1. The maximum Gasteiger partial charge on any atom is 0.421 e. The number of thiocarbonyl (C=S) groups is 1. The zero-order chi connectivity index (χ0) is 29.8. The average molecular weight is 634 g/mol. The number of thioether (sulfide) groups is 1. The summed E-state index contributed by atoms with van der Waals surface area (Å²) in [6.45, 7) is 1.82. The second kappa shape index (κ2) is 11.2. The molecular formula is C27H34F3N3O5S3. The number of aliphatic hydroxyl groups excluding tert-OH is 1. The highest BCUT2D eigenvalue weighted by atomic mass is 32.2. The van der Waals surface area contributed by atoms with E-state index in [1.807, 2.05) is 9.80 Å². The molecule has 0 aromatic heterocycles. The van der Waals surface area contributed by atoms with Crippen LogP contribution in [0, 0.1) is 5.92 Å². The van der Waals surface area contributed by atoms with Crippen LogP contribution in [0.1, 0.15) is 31.7 Å². The van der Waals surface area contributed by atoms with Gasteiger partial charge in [0.2, 0.25) is 10.0 Å². The fourth-order valence-corrected chi connectivity index (χ4v) is 8.97. The van der Waals surface area contributed by atoms with E-state index in [-0.39, 0.29) is 42.6 Å². The van der Waals surface area contributed by atoms with Crippen LogP contribution in [0.4, 0.5) is 18.9 Å². The first-order valence-corrected chi connectivity index (χ1v) is 16.4. The van der Waals surface area contributed by atoms with E-state index < -0.39 is 39.0 Å². The van der Waals surface area contributed by atoms with E-state index in [0.717, 1.165) is 12.8 Å². The third-order valence-corrected chi connectivity index (χ3v) is 12.0. The van der Waals surface area contributed by atoms with Crippen LogP contribution in [0.2, 0.25) is 0 Å². The summed E-state index contributed by atoms with van der Waals surface area (Å²) in [6.07, 6.45) is 2.00. The van der Waals surface area contributed by atoms with Gasteiger partial charge in [-0.15, -0.1) is 11.8 Å². The zero-order valence-electron chi connectivity index (χ0n) is 22.5. The highest BCUT2D eigenvalue weighted by Gasteiger charge is 2.56. The number of allylic oxidation sites excluding steroid dienone is 4. The van der Waals surface area contributed by atoms with Gasteiger partial charge in [-0.3, -0.25) is 4.90 Å². The number of rotatable bonds is 7. The largest absolute Gasteiger partial charge is 0.421 e. The minimum absolute atomic E-state index is 0.0501. The maximum atomic E-state index is 13.7. The van der Waals surface area contributed by atoms with Crippen LogP contribution < -0.4 is 4.90 Å². The lowest BCUT2D eigenvalue weighted by atomic mass is 9.95. The number of halogens is 3. The van der Waals surface area contributed by atoms with Gasteiger partial charge in [-0.1, -0.05) is 36.5 Å². The standard InChI is InChI=1S/C27H34F3N3O5S3/c1-25(35,27(28,29)30)18-8-10-20(11-9-18)33-13-12-32(41(37,38)23-5-3-2-4-22(23)39)17-21(33)16-31-14-15-40-24(34)26(31,36)19-6-7-19/h2-3,5,8-11,19,21,24,34-36H,4,6-7,12-17H2,1H3/t21-,24?,25?,26-/m0/s1. The SMILES string of the molecule is CC(O)(c1ccc(N2CCN(S(=O)(=O)C3=CC=CCC3=S)C[C@@H]2CN2CCSC(O)[C@@]2(O)C2CC2)cc1)C(F)(F)F. The Morgan fingerprint density at radius 1 is 1.15 bits per heavy atom. The van der Waals surface area contributed by atoms with Crippen LogP contribution in [0.5, 0.6) is 0 Å². The summed E-state index contributed by atoms with van der Waals surface area (Å²) in [5, 5.41) is 32.5. The highest BCUT2D eigenvalue weighted by Crippen LogP contribution is 2.48. The molecule has 2 saturated heterocycles. The van der Waals surface area contributed by atoms with Crippen LogP contribution in [0.3, 0.4) is 0 Å². The number of hydrogen-bond donors (Lipinski definition) is 3. The minimum atomic E-state index is -4.86. The summed E-state index contributed by atoms with van der Waals surface area (Å²) >= 11 is 6.63. The number of alkyl halides is 3. The molecule has 2 unspecified atom stereocenters. The first-order valence-electron chi connectivity index (χ1n) is 13.5. The van der Waals surface area contributed by atoms with E-state index in [0.29, 0.717) is 36.2 Å². The van der Waals surface area contributed by atoms with E-state index >= 15 is 0 Å². The van der Waals surface area contributed by atoms with Gasteiger partial charge in [0.1, 0.15) is 5.44 Å². The number of anilines is 1. The molecule has 5 rings (SSSR count). The molecule has 1 aromatic carbocycles. The molecule has 1 saturated carbocycles. The molecule has 8 nitrogen and oxygen atoms in total. The Morgan fingerprint density at radius 2 is 1.83 bits per heavy atom. The molecule has 226 valence electrons. The summed E-state index contributed by atoms with van der Waals surface area (Å²) in [4.78, 5) is 4.17. The highest BCUT2D eigenvalue weighted by molar-refractivity contribution is 7.99. The van der Waals surface area contributed by atoms with Crippen LogP contribution in [-0.2, 0) is 15.6 Å². The van der Waals surface area contributed by atoms with Crippen molar-refractivity contribution in [2.75, 3.05) is 43.4 Å². The van der Waals surface area contributed by atoms with Gasteiger partial charge in [-0.2, -0.15) is 17.5 Å². The Bertz CT molecular complexity index is 1330. The first kappa shape index (κ1) is 30.9. The molecule has 3 fully saturated rings. The Morgan fingerprint density at radius 3 is 2.44 bits per heavy atom. The topological polar surface area (TPSA) is 105 Å². The van der Waals surface area contributed by atoms with E-state index in [4.69, 9.17) is 12.2 Å². The lowest BCUT2D eigenvalue weighted by molar-refractivity contribution is -0.258. The molecule has 4 atom stereocenters. The fraction of sp³-hybridized carbons (Fsp3) is 0.593. The average Bonchev–Trinajstić information content (AvgIpc) is 3.77. The molecule has 3 N–H and O–H groups in total. The summed E-state index contributed by atoms with van der Waals surface area (Å²) in [7, 11) is -3.92. The van der Waals surface area contributed by atoms with Gasteiger partial charge in [0.05, 0.1) is 10.9 Å². The van der Waals surface area contributed by atoms with Gasteiger partial charge in [-0.25, -0.2) is 8.42 Å². The van der Waals surface area contributed by atoms with E-state index in [1.54, 1.807) is 12.2 Å². The minimum Gasteiger partial charge on any atom is -0.378 e. The third-order valence-electron chi connectivity index (χ3n) is 8.45. The molecule has 2 heterocycles. The third kappa shape index (κ3) is 5.74. The summed E-state index contributed by atoms with van der Waals surface area (Å²) < 4.78 is 68.9. The van der Waals surface area contributed by atoms with Crippen LogP contribution in [0.15, 0.2) is 47.4 Å². The summed E-state index contributed by atoms with van der Waals surface area (Å²) in [5.41, 5.74) is -5.24. The van der Waals surface area contributed by atoms with Crippen molar-refractivity contribution in [1.29, 1.82) is 0 Å². The molecule has 14 heteroatoms. The molecule has 4 aliphatic rings. The first-order chi connectivity index (χ1) is 19.2. The van der Waals surface area contributed by atoms with Crippen molar-refractivity contribution in [3.05, 3.63) is 53.0 Å². The van der Waals surface area contributed by atoms with Crippen molar-refractivity contribution in [1.82, 2.24) is 9.21 Å². The Kier molecular flexibility index (Phi) is 8.44. The van der Waals surface area contributed by atoms with Crippen molar-refractivity contribution in [3.63, 3.8) is 0 Å². The molecule has 0 bridgehead atoms. The smallest absolute Gasteiger partial charge is 0.378 e. The van der Waals surface area contributed by atoms with Gasteiger partial charge in [0, 0.05) is 61.4 Å². The maximum absolute atomic E-state index is 13.7. The van der Waals surface area contributed by atoms with Crippen LogP contribution >= 0.6 is 24.0 Å². The molecular weight excluding hydrogens is 600 g/mol. The van der Waals surface area contributed by atoms with Crippen molar-refractivity contribution in [2.24, 2.45) is 5.92 Å². The molecule has 0 spiro atoms. The van der Waals surface area contributed by atoms with Crippen molar-refractivity contribution in [2.45, 2.75) is 55.2 Å². The molecule has 2 aliphatic heterocycles. The van der Waals surface area contributed by atoms with Crippen LogP contribution in [-0.4, -0.2) is 99.7 Å². The van der Waals surface area contributed by atoms with E-state index in [1.165, 1.54) is 46.4 Å². The second-order valence-electron chi connectivity index (χ2n) is 11.1. The molecule has 2 aliphatic carbocycles. The van der Waals surface area contributed by atoms with Gasteiger partial charge < -0.3 is 20.2 Å². The predicted molar refractivity (Wildman–Crippen MR) is 156 cm³/mol. The molecule has 41 heavy (non-hydrogen) atoms. The molecule has 0 amide bonds. The van der Waals surface area contributed by atoms with Crippen molar-refractivity contribution >= 4 is 44.6 Å². The Hall–Kier alpha value is -1.52. The Labute approximate surface area is 247 Å². The normalized spacial score (nSPS) is 30.3. The van der Waals surface area contributed by atoms with Gasteiger partial charge in [0.15, 0.2) is 11.3 Å². The van der Waals surface area contributed by atoms with Gasteiger partial charge in [-0.05, 0) is 43.5 Å². The predicted octanol–water partition coefficient (Wildman–Crippen LogP) is 2.96. The van der Waals surface area contributed by atoms with Gasteiger partial charge >= 0.3 is 6.18 Å². The summed E-state index contributed by atoms with van der Waals surface area (Å²) in [6, 6.07) is 4.93. The number of sulfonamides is 1. The van der Waals surface area contributed by atoms with E-state index in [2.05, 4.69) is 0 Å². The number of hydrogen-bond acceptors (Lipinski definition) is 9. The lowest BCUT2D eigenvalue weighted by Crippen LogP contribution is -2.66. The van der Waals surface area contributed by atoms with Crippen LogP contribution in [0.25, 0.3) is 0 Å². The zero-order valence-corrected chi connectivity index (χ0v) is 24.9. The Balaban J connectivity index is 1.46. The van der Waals surface area contributed by atoms with E-state index in [9.17, 15) is 36.9 Å². The number of aliphatic hydroxyl groups is 3. The number of nitrogens with zero attached hydrogens (tertiary/aromatic N) is 3. The molecule has 0 radical (unpaired) electrons. The quantitative estimate of drug-likeness (QED) is 0.391.